The number of carbonyl (C=O) groups excluding carboxylic acids is 1. The van der Waals surface area contributed by atoms with Crippen LogP contribution in [0.25, 0.3) is 0 Å². The fraction of sp³-hybridized carbons (Fsp3) is 0.562. The number of ether oxygens (including phenoxy) is 1. The average molecular weight is 246 g/mol. The molecule has 1 aromatic rings. The molecule has 1 aliphatic rings. The summed E-state index contributed by atoms with van der Waals surface area (Å²) in [6, 6.07) is 8.17. The van der Waals surface area contributed by atoms with Gasteiger partial charge in [0, 0.05) is 24.7 Å². The summed E-state index contributed by atoms with van der Waals surface area (Å²) in [5.41, 5.74) is 2.18. The first kappa shape index (κ1) is 13.3. The lowest BCUT2D eigenvalue weighted by atomic mass is 9.89. The molecule has 1 unspecified atom stereocenters. The Morgan fingerprint density at radius 3 is 2.44 bits per heavy atom. The molecule has 1 fully saturated rings. The third-order valence-electron chi connectivity index (χ3n) is 3.97. The second-order valence-electron chi connectivity index (χ2n) is 5.18. The fourth-order valence-corrected chi connectivity index (χ4v) is 2.41. The van der Waals surface area contributed by atoms with Crippen LogP contribution in [-0.2, 0) is 4.74 Å². The molecular formula is C16H22O2. The maximum absolute atomic E-state index is 12.3. The largest absolute Gasteiger partial charge is 0.381 e. The van der Waals surface area contributed by atoms with Gasteiger partial charge < -0.3 is 4.74 Å². The molecule has 98 valence electrons. The Morgan fingerprint density at radius 1 is 1.28 bits per heavy atom. The molecule has 0 bridgehead atoms. The van der Waals surface area contributed by atoms with Crippen molar-refractivity contribution in [2.75, 3.05) is 13.2 Å². The quantitative estimate of drug-likeness (QED) is 0.755. The van der Waals surface area contributed by atoms with Crippen LogP contribution in [0.5, 0.6) is 0 Å². The summed E-state index contributed by atoms with van der Waals surface area (Å²) in [5, 5.41) is 0. The first-order valence-corrected chi connectivity index (χ1v) is 6.94. The van der Waals surface area contributed by atoms with E-state index in [9.17, 15) is 4.79 Å². The molecule has 0 radical (unpaired) electrons. The van der Waals surface area contributed by atoms with E-state index in [-0.39, 0.29) is 11.7 Å². The van der Waals surface area contributed by atoms with Gasteiger partial charge in [-0.1, -0.05) is 38.1 Å². The van der Waals surface area contributed by atoms with E-state index < -0.39 is 0 Å². The number of hydrogen-bond acceptors (Lipinski definition) is 2. The highest BCUT2D eigenvalue weighted by Gasteiger charge is 2.22. The molecule has 1 aromatic carbocycles. The normalized spacial score (nSPS) is 18.6. The zero-order valence-electron chi connectivity index (χ0n) is 11.3. The molecule has 18 heavy (non-hydrogen) atoms. The summed E-state index contributed by atoms with van der Waals surface area (Å²) in [4.78, 5) is 12.3. The minimum absolute atomic E-state index is 0.160. The van der Waals surface area contributed by atoms with Crippen LogP contribution in [-0.4, -0.2) is 19.0 Å². The van der Waals surface area contributed by atoms with Crippen LogP contribution in [0, 0.1) is 5.92 Å². The van der Waals surface area contributed by atoms with E-state index in [1.807, 2.05) is 12.1 Å². The van der Waals surface area contributed by atoms with Crippen LogP contribution >= 0.6 is 0 Å². The topological polar surface area (TPSA) is 26.3 Å². The molecule has 2 heteroatoms. The number of carbonyl (C=O) groups is 1. The monoisotopic (exact) mass is 246 g/mol. The molecule has 0 N–H and O–H groups in total. The average Bonchev–Trinajstić information content (AvgIpc) is 2.47. The zero-order valence-corrected chi connectivity index (χ0v) is 11.3. The predicted octanol–water partition coefficient (Wildman–Crippen LogP) is 3.81. The Bertz CT molecular complexity index is 388. The molecule has 1 aliphatic heterocycles. The standard InChI is InChI=1S/C16H22O2/c1-3-12(2)13-4-6-14(7-5-13)16(17)15-8-10-18-11-9-15/h4-7,12,15H,3,8-11H2,1-2H3. The van der Waals surface area contributed by atoms with Crippen molar-refractivity contribution < 1.29 is 9.53 Å². The molecule has 0 aromatic heterocycles. The van der Waals surface area contributed by atoms with Crippen molar-refractivity contribution in [3.8, 4) is 0 Å². The Labute approximate surface area is 109 Å². The number of benzene rings is 1. The zero-order chi connectivity index (χ0) is 13.0. The molecule has 0 aliphatic carbocycles. The van der Waals surface area contributed by atoms with Gasteiger partial charge in [-0.2, -0.15) is 0 Å². The van der Waals surface area contributed by atoms with Crippen LogP contribution < -0.4 is 0 Å². The predicted molar refractivity (Wildman–Crippen MR) is 73.0 cm³/mol. The van der Waals surface area contributed by atoms with E-state index >= 15 is 0 Å². The van der Waals surface area contributed by atoms with Crippen LogP contribution in [0.15, 0.2) is 24.3 Å². The molecule has 0 amide bonds. The third-order valence-corrected chi connectivity index (χ3v) is 3.97. The van der Waals surface area contributed by atoms with E-state index in [4.69, 9.17) is 4.74 Å². The lowest BCUT2D eigenvalue weighted by Gasteiger charge is -2.21. The Morgan fingerprint density at radius 2 is 1.89 bits per heavy atom. The minimum atomic E-state index is 0.160. The molecule has 1 saturated heterocycles. The summed E-state index contributed by atoms with van der Waals surface area (Å²) < 4.78 is 5.30. The first-order valence-electron chi connectivity index (χ1n) is 6.94. The van der Waals surface area contributed by atoms with Gasteiger partial charge in [0.05, 0.1) is 0 Å². The van der Waals surface area contributed by atoms with E-state index in [1.54, 1.807) is 0 Å². The van der Waals surface area contributed by atoms with Crippen molar-refractivity contribution in [1.29, 1.82) is 0 Å². The lowest BCUT2D eigenvalue weighted by molar-refractivity contribution is 0.0545. The SMILES string of the molecule is CCC(C)c1ccc(C(=O)C2CCOCC2)cc1. The smallest absolute Gasteiger partial charge is 0.166 e. The van der Waals surface area contributed by atoms with Crippen molar-refractivity contribution in [3.63, 3.8) is 0 Å². The summed E-state index contributed by atoms with van der Waals surface area (Å²) in [6.45, 7) is 5.85. The van der Waals surface area contributed by atoms with Gasteiger partial charge in [-0.05, 0) is 30.7 Å². The summed E-state index contributed by atoms with van der Waals surface area (Å²) in [5.74, 6) is 1.01. The van der Waals surface area contributed by atoms with Gasteiger partial charge in [0.15, 0.2) is 5.78 Å². The minimum Gasteiger partial charge on any atom is -0.381 e. The van der Waals surface area contributed by atoms with E-state index in [1.165, 1.54) is 5.56 Å². The van der Waals surface area contributed by atoms with Gasteiger partial charge in [0.1, 0.15) is 0 Å². The Hall–Kier alpha value is -1.15. The van der Waals surface area contributed by atoms with Crippen molar-refractivity contribution in [3.05, 3.63) is 35.4 Å². The molecule has 2 rings (SSSR count). The van der Waals surface area contributed by atoms with Crippen molar-refractivity contribution in [2.45, 2.75) is 39.0 Å². The number of rotatable bonds is 4. The van der Waals surface area contributed by atoms with Crippen LogP contribution in [0.4, 0.5) is 0 Å². The third kappa shape index (κ3) is 2.99. The van der Waals surface area contributed by atoms with Gasteiger partial charge in [-0.3, -0.25) is 4.79 Å². The van der Waals surface area contributed by atoms with Crippen LogP contribution in [0.3, 0.4) is 0 Å². The van der Waals surface area contributed by atoms with Gasteiger partial charge in [-0.15, -0.1) is 0 Å². The highest BCUT2D eigenvalue weighted by molar-refractivity contribution is 5.97. The number of hydrogen-bond donors (Lipinski definition) is 0. The van der Waals surface area contributed by atoms with Crippen LogP contribution in [0.2, 0.25) is 0 Å². The second kappa shape index (κ2) is 6.14. The van der Waals surface area contributed by atoms with E-state index in [2.05, 4.69) is 26.0 Å². The lowest BCUT2D eigenvalue weighted by Crippen LogP contribution is -2.23. The maximum Gasteiger partial charge on any atom is 0.166 e. The van der Waals surface area contributed by atoms with Crippen molar-refractivity contribution in [2.24, 2.45) is 5.92 Å². The Kier molecular flexibility index (Phi) is 4.54. The number of Topliss-reactive ketones (excluding diaryl/α,β-unsaturated/α-hetero) is 1. The molecule has 0 spiro atoms. The summed E-state index contributed by atoms with van der Waals surface area (Å²) in [6.07, 6.45) is 2.87. The van der Waals surface area contributed by atoms with Gasteiger partial charge >= 0.3 is 0 Å². The van der Waals surface area contributed by atoms with E-state index in [0.717, 1.165) is 38.0 Å². The maximum atomic E-state index is 12.3. The van der Waals surface area contributed by atoms with Gasteiger partial charge in [-0.25, -0.2) is 0 Å². The fourth-order valence-electron chi connectivity index (χ4n) is 2.41. The number of ketones is 1. The molecule has 2 nitrogen and oxygen atoms in total. The molecule has 1 atom stereocenters. The van der Waals surface area contributed by atoms with Gasteiger partial charge in [0.2, 0.25) is 0 Å². The second-order valence-corrected chi connectivity index (χ2v) is 5.18. The molecular weight excluding hydrogens is 224 g/mol. The highest BCUT2D eigenvalue weighted by atomic mass is 16.5. The van der Waals surface area contributed by atoms with E-state index in [0.29, 0.717) is 5.92 Å². The summed E-state index contributed by atoms with van der Waals surface area (Å²) in [7, 11) is 0. The first-order chi connectivity index (χ1) is 8.72. The molecule has 1 heterocycles. The molecule has 0 saturated carbocycles. The van der Waals surface area contributed by atoms with Crippen molar-refractivity contribution in [1.82, 2.24) is 0 Å². The highest BCUT2D eigenvalue weighted by Crippen LogP contribution is 2.23. The Balaban J connectivity index is 2.06. The van der Waals surface area contributed by atoms with Crippen LogP contribution in [0.1, 0.15) is 54.9 Å². The van der Waals surface area contributed by atoms with Crippen molar-refractivity contribution >= 4 is 5.78 Å². The van der Waals surface area contributed by atoms with Gasteiger partial charge in [0.25, 0.3) is 0 Å². The summed E-state index contributed by atoms with van der Waals surface area (Å²) >= 11 is 0.